The van der Waals surface area contributed by atoms with Gasteiger partial charge in [0.1, 0.15) is 5.69 Å². The van der Waals surface area contributed by atoms with Crippen LogP contribution in [-0.4, -0.2) is 29.2 Å². The highest BCUT2D eigenvalue weighted by molar-refractivity contribution is 5.50. The molecule has 0 unspecified atom stereocenters. The lowest BCUT2D eigenvalue weighted by atomic mass is 10.3. The molecule has 0 amide bonds. The summed E-state index contributed by atoms with van der Waals surface area (Å²) in [4.78, 5) is 12.5. The molecule has 0 aliphatic carbocycles. The van der Waals surface area contributed by atoms with Crippen molar-refractivity contribution in [3.8, 4) is 23.1 Å². The van der Waals surface area contributed by atoms with Gasteiger partial charge >= 0.3 is 0 Å². The van der Waals surface area contributed by atoms with E-state index >= 15 is 0 Å². The Kier molecular flexibility index (Phi) is 2.95. The van der Waals surface area contributed by atoms with Gasteiger partial charge in [-0.05, 0) is 12.1 Å². The van der Waals surface area contributed by atoms with Gasteiger partial charge in [0.05, 0.1) is 20.4 Å². The first kappa shape index (κ1) is 10.4. The van der Waals surface area contributed by atoms with Crippen molar-refractivity contribution in [3.63, 3.8) is 0 Å². The number of rotatable bonds is 3. The standard InChI is InChI=1S/C11H11N3O2/c1-15-9-7-13-10(14-11(9)16-2)8-5-3-4-6-12-8/h3-7H,1-2H3. The van der Waals surface area contributed by atoms with Crippen molar-refractivity contribution in [3.05, 3.63) is 30.6 Å². The first-order valence-electron chi connectivity index (χ1n) is 4.71. The molecule has 16 heavy (non-hydrogen) atoms. The van der Waals surface area contributed by atoms with E-state index in [4.69, 9.17) is 9.47 Å². The summed E-state index contributed by atoms with van der Waals surface area (Å²) in [5.41, 5.74) is 0.698. The van der Waals surface area contributed by atoms with Gasteiger partial charge in [0.2, 0.25) is 0 Å². The molecule has 0 aromatic carbocycles. The molecule has 82 valence electrons. The van der Waals surface area contributed by atoms with E-state index in [1.807, 2.05) is 18.2 Å². The number of hydrogen-bond acceptors (Lipinski definition) is 5. The minimum atomic E-state index is 0.401. The minimum absolute atomic E-state index is 0.401. The summed E-state index contributed by atoms with van der Waals surface area (Å²) in [6.07, 6.45) is 3.26. The molecular formula is C11H11N3O2. The number of ether oxygens (including phenoxy) is 2. The van der Waals surface area contributed by atoms with Crippen LogP contribution in [0.25, 0.3) is 11.5 Å². The number of aromatic nitrogens is 3. The molecule has 0 bridgehead atoms. The molecule has 0 radical (unpaired) electrons. The van der Waals surface area contributed by atoms with Crippen molar-refractivity contribution in [2.24, 2.45) is 0 Å². The van der Waals surface area contributed by atoms with E-state index in [1.165, 1.54) is 7.11 Å². The van der Waals surface area contributed by atoms with E-state index in [1.54, 1.807) is 19.5 Å². The van der Waals surface area contributed by atoms with Gasteiger partial charge < -0.3 is 9.47 Å². The van der Waals surface area contributed by atoms with Crippen LogP contribution in [-0.2, 0) is 0 Å². The Hall–Kier alpha value is -2.17. The predicted octanol–water partition coefficient (Wildman–Crippen LogP) is 1.56. The van der Waals surface area contributed by atoms with Gasteiger partial charge in [-0.1, -0.05) is 6.07 Å². The van der Waals surface area contributed by atoms with E-state index < -0.39 is 0 Å². The fourth-order valence-corrected chi connectivity index (χ4v) is 1.26. The molecule has 0 saturated heterocycles. The summed E-state index contributed by atoms with van der Waals surface area (Å²) in [5, 5.41) is 0. The summed E-state index contributed by atoms with van der Waals surface area (Å²) in [5.74, 6) is 1.42. The van der Waals surface area contributed by atoms with Gasteiger partial charge in [-0.15, -0.1) is 0 Å². The summed E-state index contributed by atoms with van der Waals surface area (Å²) in [6, 6.07) is 5.55. The van der Waals surface area contributed by atoms with Crippen LogP contribution in [0.3, 0.4) is 0 Å². The topological polar surface area (TPSA) is 57.1 Å². The number of hydrogen-bond donors (Lipinski definition) is 0. The molecule has 0 spiro atoms. The lowest BCUT2D eigenvalue weighted by Gasteiger charge is -2.06. The zero-order chi connectivity index (χ0) is 11.4. The van der Waals surface area contributed by atoms with Gasteiger partial charge in [0, 0.05) is 6.20 Å². The molecule has 0 aliphatic rings. The molecular weight excluding hydrogens is 206 g/mol. The zero-order valence-electron chi connectivity index (χ0n) is 9.04. The van der Waals surface area contributed by atoms with Crippen LogP contribution in [0, 0.1) is 0 Å². The Morgan fingerprint density at radius 1 is 1.06 bits per heavy atom. The monoisotopic (exact) mass is 217 g/mol. The van der Waals surface area contributed by atoms with Crippen molar-refractivity contribution in [2.75, 3.05) is 14.2 Å². The molecule has 0 N–H and O–H groups in total. The predicted molar refractivity (Wildman–Crippen MR) is 58.4 cm³/mol. The van der Waals surface area contributed by atoms with Crippen LogP contribution in [0.4, 0.5) is 0 Å². The van der Waals surface area contributed by atoms with E-state index in [0.717, 1.165) is 0 Å². The second kappa shape index (κ2) is 4.57. The highest BCUT2D eigenvalue weighted by Crippen LogP contribution is 2.25. The van der Waals surface area contributed by atoms with Gasteiger partial charge in [-0.2, -0.15) is 4.98 Å². The van der Waals surface area contributed by atoms with Gasteiger partial charge in [-0.3, -0.25) is 4.98 Å². The first-order valence-corrected chi connectivity index (χ1v) is 4.71. The molecule has 2 aromatic heterocycles. The number of nitrogens with zero attached hydrogens (tertiary/aromatic N) is 3. The van der Waals surface area contributed by atoms with Crippen molar-refractivity contribution in [2.45, 2.75) is 0 Å². The Labute approximate surface area is 93.1 Å². The third kappa shape index (κ3) is 1.93. The van der Waals surface area contributed by atoms with Crippen molar-refractivity contribution >= 4 is 0 Å². The molecule has 5 nitrogen and oxygen atoms in total. The van der Waals surface area contributed by atoms with Crippen LogP contribution >= 0.6 is 0 Å². The third-order valence-electron chi connectivity index (χ3n) is 2.03. The lowest BCUT2D eigenvalue weighted by Crippen LogP contribution is -1.98. The normalized spacial score (nSPS) is 9.88. The lowest BCUT2D eigenvalue weighted by molar-refractivity contribution is 0.341. The minimum Gasteiger partial charge on any atom is -0.490 e. The summed E-state index contributed by atoms with van der Waals surface area (Å²) >= 11 is 0. The molecule has 5 heteroatoms. The average Bonchev–Trinajstić information content (AvgIpc) is 2.39. The summed E-state index contributed by atoms with van der Waals surface area (Å²) in [6.45, 7) is 0. The molecule has 2 heterocycles. The van der Waals surface area contributed by atoms with Crippen LogP contribution in [0.15, 0.2) is 30.6 Å². The Morgan fingerprint density at radius 3 is 2.56 bits per heavy atom. The quantitative estimate of drug-likeness (QED) is 0.780. The van der Waals surface area contributed by atoms with Crippen LogP contribution < -0.4 is 9.47 Å². The highest BCUT2D eigenvalue weighted by Gasteiger charge is 2.09. The van der Waals surface area contributed by atoms with Crippen LogP contribution in [0.1, 0.15) is 0 Å². The van der Waals surface area contributed by atoms with E-state index in [-0.39, 0.29) is 0 Å². The largest absolute Gasteiger partial charge is 0.490 e. The second-order valence-corrected chi connectivity index (χ2v) is 2.99. The smallest absolute Gasteiger partial charge is 0.260 e. The molecule has 0 saturated carbocycles. The Balaban J connectivity index is 2.44. The Morgan fingerprint density at radius 2 is 1.94 bits per heavy atom. The summed E-state index contributed by atoms with van der Waals surface area (Å²) < 4.78 is 10.2. The average molecular weight is 217 g/mol. The molecule has 2 aromatic rings. The highest BCUT2D eigenvalue weighted by atomic mass is 16.5. The third-order valence-corrected chi connectivity index (χ3v) is 2.03. The fourth-order valence-electron chi connectivity index (χ4n) is 1.26. The maximum absolute atomic E-state index is 5.09. The first-order chi connectivity index (χ1) is 7.85. The summed E-state index contributed by atoms with van der Waals surface area (Å²) in [7, 11) is 3.08. The van der Waals surface area contributed by atoms with Crippen LogP contribution in [0.5, 0.6) is 11.6 Å². The number of pyridine rings is 1. The van der Waals surface area contributed by atoms with Gasteiger partial charge in [0.15, 0.2) is 11.6 Å². The molecule has 0 fully saturated rings. The van der Waals surface area contributed by atoms with Crippen molar-refractivity contribution < 1.29 is 9.47 Å². The molecule has 0 atom stereocenters. The SMILES string of the molecule is COc1cnc(-c2ccccn2)nc1OC. The van der Waals surface area contributed by atoms with Gasteiger partial charge in [-0.25, -0.2) is 4.98 Å². The van der Waals surface area contributed by atoms with E-state index in [9.17, 15) is 0 Å². The number of methoxy groups -OCH3 is 2. The Bertz CT molecular complexity index is 474. The van der Waals surface area contributed by atoms with Crippen molar-refractivity contribution in [1.29, 1.82) is 0 Å². The fraction of sp³-hybridized carbons (Fsp3) is 0.182. The molecule has 2 rings (SSSR count). The van der Waals surface area contributed by atoms with Crippen molar-refractivity contribution in [1.82, 2.24) is 15.0 Å². The second-order valence-electron chi connectivity index (χ2n) is 2.99. The maximum atomic E-state index is 5.09. The zero-order valence-corrected chi connectivity index (χ0v) is 9.04. The maximum Gasteiger partial charge on any atom is 0.260 e. The van der Waals surface area contributed by atoms with Crippen LogP contribution in [0.2, 0.25) is 0 Å². The van der Waals surface area contributed by atoms with Gasteiger partial charge in [0.25, 0.3) is 5.88 Å². The molecule has 0 aliphatic heterocycles. The van der Waals surface area contributed by atoms with E-state index in [0.29, 0.717) is 23.1 Å². The van der Waals surface area contributed by atoms with E-state index in [2.05, 4.69) is 15.0 Å².